The van der Waals surface area contributed by atoms with Crippen LogP contribution in [0.3, 0.4) is 0 Å². The van der Waals surface area contributed by atoms with Crippen LogP contribution in [-0.2, 0) is 0 Å². The summed E-state index contributed by atoms with van der Waals surface area (Å²) in [4.78, 5) is 3.71. The molecule has 0 amide bonds. The molecule has 2 unspecified atom stereocenters. The van der Waals surface area contributed by atoms with Crippen molar-refractivity contribution in [3.8, 4) is 0 Å². The molecule has 2 heteroatoms. The normalized spacial score (nSPS) is 13.4. The summed E-state index contributed by atoms with van der Waals surface area (Å²) in [7, 11) is 0. The second-order valence-electron chi connectivity index (χ2n) is 11.5. The van der Waals surface area contributed by atoms with Crippen LogP contribution < -0.4 is 4.57 Å². The fourth-order valence-electron chi connectivity index (χ4n) is 5.72. The van der Waals surface area contributed by atoms with Crippen molar-refractivity contribution in [1.82, 2.24) is 4.98 Å². The van der Waals surface area contributed by atoms with E-state index in [0.717, 1.165) is 0 Å². The number of aromatic amines is 1. The van der Waals surface area contributed by atoms with E-state index >= 15 is 0 Å². The molecule has 0 bridgehead atoms. The Kier molecular flexibility index (Phi) is 21.7. The van der Waals surface area contributed by atoms with Crippen LogP contribution in [0.15, 0.2) is 12.4 Å². The quantitative estimate of drug-likeness (QED) is 0.0985. The van der Waals surface area contributed by atoms with Crippen molar-refractivity contribution in [3.63, 3.8) is 0 Å². The van der Waals surface area contributed by atoms with E-state index in [2.05, 4.69) is 49.6 Å². The molecule has 0 aromatic carbocycles. The highest BCUT2D eigenvalue weighted by Gasteiger charge is 2.25. The molecular formula is C33H65N2+. The van der Waals surface area contributed by atoms with Gasteiger partial charge in [-0.2, -0.15) is 0 Å². The van der Waals surface area contributed by atoms with Crippen LogP contribution in [-0.4, -0.2) is 4.98 Å². The van der Waals surface area contributed by atoms with Crippen molar-refractivity contribution in [3.05, 3.63) is 18.2 Å². The van der Waals surface area contributed by atoms with E-state index in [1.807, 2.05) is 0 Å². The highest BCUT2D eigenvalue weighted by molar-refractivity contribution is 4.90. The molecule has 206 valence electrons. The SMILES string of the molecule is CCCCCCCCCCC(C)[n+]1cc[nH]c1C(CCCCCCCC)CCCCCCCCC. The summed E-state index contributed by atoms with van der Waals surface area (Å²) in [6, 6.07) is 0.623. The van der Waals surface area contributed by atoms with Crippen molar-refractivity contribution in [1.29, 1.82) is 0 Å². The summed E-state index contributed by atoms with van der Waals surface area (Å²) >= 11 is 0. The van der Waals surface area contributed by atoms with Crippen molar-refractivity contribution in [2.75, 3.05) is 0 Å². The van der Waals surface area contributed by atoms with Gasteiger partial charge in [0.15, 0.2) is 0 Å². The van der Waals surface area contributed by atoms with Crippen molar-refractivity contribution in [2.45, 2.75) is 194 Å². The monoisotopic (exact) mass is 490 g/mol. The number of nitrogens with one attached hydrogen (secondary N) is 1. The topological polar surface area (TPSA) is 19.7 Å². The van der Waals surface area contributed by atoms with E-state index in [-0.39, 0.29) is 0 Å². The molecule has 0 aliphatic carbocycles. The van der Waals surface area contributed by atoms with Crippen LogP contribution in [0.25, 0.3) is 0 Å². The first-order valence-corrected chi connectivity index (χ1v) is 16.3. The molecule has 1 N–H and O–H groups in total. The Bertz CT molecular complexity index is 549. The zero-order valence-electron chi connectivity index (χ0n) is 24.7. The number of H-pyrrole nitrogens is 1. The number of unbranched alkanes of at least 4 members (excludes halogenated alkanes) is 18. The molecule has 0 spiro atoms. The first kappa shape index (κ1) is 32.2. The summed E-state index contributed by atoms with van der Waals surface area (Å²) in [6.07, 6.45) is 38.3. The third kappa shape index (κ3) is 16.6. The molecular weight excluding hydrogens is 424 g/mol. The minimum Gasteiger partial charge on any atom is -0.247 e. The van der Waals surface area contributed by atoms with Crippen LogP contribution in [0.1, 0.15) is 200 Å². The second-order valence-corrected chi connectivity index (χ2v) is 11.5. The van der Waals surface area contributed by atoms with E-state index in [9.17, 15) is 0 Å². The molecule has 0 radical (unpaired) electrons. The van der Waals surface area contributed by atoms with Crippen LogP contribution in [0, 0.1) is 0 Å². The molecule has 0 saturated carbocycles. The van der Waals surface area contributed by atoms with E-state index < -0.39 is 0 Å². The minimum atomic E-state index is 0.623. The molecule has 2 nitrogen and oxygen atoms in total. The maximum absolute atomic E-state index is 3.71. The summed E-state index contributed by atoms with van der Waals surface area (Å²) in [5.41, 5.74) is 0. The maximum Gasteiger partial charge on any atom is 0.257 e. The average molecular weight is 490 g/mol. The average Bonchev–Trinajstić information content (AvgIpc) is 3.35. The highest BCUT2D eigenvalue weighted by Crippen LogP contribution is 2.27. The lowest BCUT2D eigenvalue weighted by molar-refractivity contribution is -0.727. The molecule has 1 rings (SSSR count). The number of imidazole rings is 1. The van der Waals surface area contributed by atoms with Gasteiger partial charge in [-0.25, -0.2) is 9.55 Å². The maximum atomic E-state index is 3.71. The van der Waals surface area contributed by atoms with Gasteiger partial charge < -0.3 is 0 Å². The third-order valence-corrected chi connectivity index (χ3v) is 8.14. The fourth-order valence-corrected chi connectivity index (χ4v) is 5.72. The zero-order valence-corrected chi connectivity index (χ0v) is 24.7. The zero-order chi connectivity index (χ0) is 25.4. The van der Waals surface area contributed by atoms with Gasteiger partial charge in [0.2, 0.25) is 0 Å². The van der Waals surface area contributed by atoms with E-state index in [4.69, 9.17) is 0 Å². The Morgan fingerprint density at radius 2 is 0.914 bits per heavy atom. The van der Waals surface area contributed by atoms with Gasteiger partial charge in [0, 0.05) is 0 Å². The molecule has 0 aliphatic rings. The smallest absolute Gasteiger partial charge is 0.247 e. The molecule has 0 saturated heterocycles. The first-order chi connectivity index (χ1) is 17.2. The summed E-state index contributed by atoms with van der Waals surface area (Å²) in [6.45, 7) is 9.39. The van der Waals surface area contributed by atoms with Gasteiger partial charge in [-0.3, -0.25) is 0 Å². The van der Waals surface area contributed by atoms with Gasteiger partial charge in [-0.05, 0) is 32.6 Å². The molecule has 0 fully saturated rings. The molecule has 1 aromatic rings. The van der Waals surface area contributed by atoms with E-state index in [0.29, 0.717) is 12.0 Å². The molecule has 35 heavy (non-hydrogen) atoms. The molecule has 1 aromatic heterocycles. The predicted octanol–water partition coefficient (Wildman–Crippen LogP) is 11.4. The summed E-state index contributed by atoms with van der Waals surface area (Å²) < 4.78 is 2.62. The minimum absolute atomic E-state index is 0.623. The summed E-state index contributed by atoms with van der Waals surface area (Å²) in [5, 5.41) is 0. The third-order valence-electron chi connectivity index (χ3n) is 8.14. The fraction of sp³-hybridized carbons (Fsp3) is 0.909. The number of nitrogens with zero attached hydrogens (tertiary/aromatic N) is 1. The lowest BCUT2D eigenvalue weighted by atomic mass is 9.93. The number of hydrogen-bond acceptors (Lipinski definition) is 0. The van der Waals surface area contributed by atoms with Crippen molar-refractivity contribution < 1.29 is 4.57 Å². The van der Waals surface area contributed by atoms with E-state index in [1.165, 1.54) is 160 Å². The number of aromatic nitrogens is 2. The molecule has 0 aliphatic heterocycles. The van der Waals surface area contributed by atoms with Crippen LogP contribution in [0.4, 0.5) is 0 Å². The van der Waals surface area contributed by atoms with Gasteiger partial charge >= 0.3 is 0 Å². The molecule has 1 heterocycles. The molecule has 2 atom stereocenters. The van der Waals surface area contributed by atoms with Crippen LogP contribution in [0.5, 0.6) is 0 Å². The number of hydrogen-bond donors (Lipinski definition) is 1. The van der Waals surface area contributed by atoms with Gasteiger partial charge in [0.05, 0.1) is 12.0 Å². The Labute approximate surface area is 221 Å². The Hall–Kier alpha value is -0.790. The predicted molar refractivity (Wildman–Crippen MR) is 156 cm³/mol. The summed E-state index contributed by atoms with van der Waals surface area (Å²) in [5.74, 6) is 2.24. The Balaban J connectivity index is 2.49. The Morgan fingerprint density at radius 3 is 1.34 bits per heavy atom. The standard InChI is InChI=1S/C33H64N2/c1-5-8-11-14-17-19-20-23-26-31(4)35-30-29-34-33(35)32(27-24-21-16-13-10-7-3)28-25-22-18-15-12-9-6-2/h29-32H,5-28H2,1-4H3/p+1. The van der Waals surface area contributed by atoms with Crippen LogP contribution in [0.2, 0.25) is 0 Å². The lowest BCUT2D eigenvalue weighted by Crippen LogP contribution is -2.41. The van der Waals surface area contributed by atoms with Crippen molar-refractivity contribution >= 4 is 0 Å². The van der Waals surface area contributed by atoms with Gasteiger partial charge in [0.25, 0.3) is 5.82 Å². The van der Waals surface area contributed by atoms with Gasteiger partial charge in [0.1, 0.15) is 12.4 Å². The largest absolute Gasteiger partial charge is 0.257 e. The number of rotatable bonds is 26. The van der Waals surface area contributed by atoms with Gasteiger partial charge in [-0.1, -0.05) is 149 Å². The van der Waals surface area contributed by atoms with Crippen LogP contribution >= 0.6 is 0 Å². The first-order valence-electron chi connectivity index (χ1n) is 16.3. The van der Waals surface area contributed by atoms with E-state index in [1.54, 1.807) is 0 Å². The van der Waals surface area contributed by atoms with Gasteiger partial charge in [-0.15, -0.1) is 0 Å². The highest BCUT2D eigenvalue weighted by atomic mass is 15.1. The lowest BCUT2D eigenvalue weighted by Gasteiger charge is -2.17. The second kappa shape index (κ2) is 23.6. The Morgan fingerprint density at radius 1 is 0.543 bits per heavy atom. The van der Waals surface area contributed by atoms with Crippen molar-refractivity contribution in [2.24, 2.45) is 0 Å².